The van der Waals surface area contributed by atoms with Gasteiger partial charge in [0.05, 0.1) is 0 Å². The molecule has 0 radical (unpaired) electrons. The van der Waals surface area contributed by atoms with E-state index in [9.17, 15) is 0 Å². The van der Waals surface area contributed by atoms with Crippen molar-refractivity contribution in [3.8, 4) is 0 Å². The zero-order valence-corrected chi connectivity index (χ0v) is 20.4. The van der Waals surface area contributed by atoms with Gasteiger partial charge in [-0.3, -0.25) is 0 Å². The maximum absolute atomic E-state index is 2.56. The first-order valence-corrected chi connectivity index (χ1v) is 12.7. The molecule has 0 nitrogen and oxygen atoms in total. The quantitative estimate of drug-likeness (QED) is 0.376. The fourth-order valence-electron chi connectivity index (χ4n) is 4.60. The van der Waals surface area contributed by atoms with Crippen LogP contribution in [0.4, 0.5) is 0 Å². The van der Waals surface area contributed by atoms with Crippen LogP contribution >= 0.6 is 0 Å². The van der Waals surface area contributed by atoms with Crippen LogP contribution in [0, 0.1) is 10.8 Å². The van der Waals surface area contributed by atoms with Gasteiger partial charge in [-0.2, -0.15) is 0 Å². The molecule has 0 bridgehead atoms. The summed E-state index contributed by atoms with van der Waals surface area (Å²) in [6.45, 7) is 19.3. The van der Waals surface area contributed by atoms with Crippen molar-refractivity contribution >= 4 is 0 Å². The number of hydrogen-bond donors (Lipinski definition) is 0. The molecule has 2 rings (SSSR count). The average Bonchev–Trinajstić information content (AvgIpc) is 3.05. The number of hydrogen-bond acceptors (Lipinski definition) is 0. The van der Waals surface area contributed by atoms with Gasteiger partial charge in [-0.25, -0.2) is 0 Å². The molecule has 2 aliphatic carbocycles. The minimum atomic E-state index is -0.743. The molecule has 0 saturated heterocycles. The van der Waals surface area contributed by atoms with Crippen LogP contribution in [0.1, 0.15) is 93.9 Å². The van der Waals surface area contributed by atoms with Crippen LogP contribution in [0.25, 0.3) is 0 Å². The molecule has 0 amide bonds. The van der Waals surface area contributed by atoms with Crippen molar-refractivity contribution in [2.75, 3.05) is 0 Å². The molecule has 0 unspecified atom stereocenters. The second kappa shape index (κ2) is 8.25. The average molecular weight is 418 g/mol. The summed E-state index contributed by atoms with van der Waals surface area (Å²) >= 11 is -0.743. The van der Waals surface area contributed by atoms with E-state index in [1.165, 1.54) is 38.5 Å². The van der Waals surface area contributed by atoms with Crippen LogP contribution < -0.4 is 0 Å². The summed E-state index contributed by atoms with van der Waals surface area (Å²) < 4.78 is 3.63. The molecule has 25 heavy (non-hydrogen) atoms. The number of rotatable bonds is 8. The molecule has 0 aliphatic heterocycles. The van der Waals surface area contributed by atoms with Gasteiger partial charge in [0.25, 0.3) is 0 Å². The molecule has 0 aromatic carbocycles. The second-order valence-electron chi connectivity index (χ2n) is 9.35. The molecule has 0 aromatic rings. The third-order valence-electron chi connectivity index (χ3n) is 6.08. The van der Waals surface area contributed by atoms with Gasteiger partial charge in [-0.05, 0) is 0 Å². The zero-order valence-electron chi connectivity index (χ0n) is 17.9. The molecule has 0 spiro atoms. The molecule has 2 aliphatic rings. The van der Waals surface area contributed by atoms with Crippen LogP contribution in [0.3, 0.4) is 0 Å². The van der Waals surface area contributed by atoms with Crippen molar-refractivity contribution in [2.45, 2.75) is 93.9 Å². The van der Waals surface area contributed by atoms with Crippen LogP contribution in [0.2, 0.25) is 0 Å². The van der Waals surface area contributed by atoms with E-state index in [0.29, 0.717) is 10.8 Å². The Hall–Kier alpha value is -0.157. The Kier molecular flexibility index (Phi) is 6.98. The fourth-order valence-corrected chi connectivity index (χ4v) is 9.59. The molecule has 1 heteroatoms. The van der Waals surface area contributed by atoms with Gasteiger partial charge in [0, 0.05) is 0 Å². The van der Waals surface area contributed by atoms with Crippen molar-refractivity contribution < 1.29 is 23.2 Å². The predicted octanol–water partition coefficient (Wildman–Crippen LogP) is 7.93. The predicted molar refractivity (Wildman–Crippen MR) is 108 cm³/mol. The fraction of sp³-hybridized carbons (Fsp3) is 0.667. The maximum atomic E-state index is 2.56. The monoisotopic (exact) mass is 416 g/mol. The summed E-state index contributed by atoms with van der Waals surface area (Å²) in [5, 5.41) is 0. The standard InChI is InChI=1S/2C12H19.Zr/c2*1-5-8-12(3,4)11-7-6-10(2)9-11;/h2*7H,5-6,8H2,1-4H3;. The van der Waals surface area contributed by atoms with E-state index < -0.39 is 23.2 Å². The summed E-state index contributed by atoms with van der Waals surface area (Å²) in [5.74, 6) is 0. The van der Waals surface area contributed by atoms with E-state index in [2.05, 4.69) is 67.5 Å². The van der Waals surface area contributed by atoms with Crippen LogP contribution in [-0.2, 0) is 23.2 Å². The molecular formula is C24H38Zr. The second-order valence-corrected chi connectivity index (χ2v) is 12.4. The van der Waals surface area contributed by atoms with E-state index in [1.807, 2.05) is 6.56 Å². The van der Waals surface area contributed by atoms with Gasteiger partial charge in [0.1, 0.15) is 0 Å². The Morgan fingerprint density at radius 1 is 0.760 bits per heavy atom. The van der Waals surface area contributed by atoms with Crippen LogP contribution in [0.15, 0.2) is 41.0 Å². The molecule has 0 N–H and O–H groups in total. The van der Waals surface area contributed by atoms with Gasteiger partial charge in [0.2, 0.25) is 0 Å². The van der Waals surface area contributed by atoms with Crippen molar-refractivity contribution in [3.63, 3.8) is 0 Å². The van der Waals surface area contributed by atoms with Crippen molar-refractivity contribution in [1.29, 1.82) is 0 Å². The minimum absolute atomic E-state index is 0.346. The van der Waals surface area contributed by atoms with Crippen LogP contribution in [-0.4, -0.2) is 0 Å². The molecular weight excluding hydrogens is 379 g/mol. The molecule has 0 atom stereocenters. The molecule has 138 valence electrons. The van der Waals surface area contributed by atoms with Gasteiger partial charge in [-0.15, -0.1) is 0 Å². The SMILES string of the molecule is CCCC(C)(C)C1=CCC(C)=[C]1[Zr][C]1=C(C)CC=C1C(C)(C)CCC. The van der Waals surface area contributed by atoms with Crippen molar-refractivity contribution in [2.24, 2.45) is 10.8 Å². The summed E-state index contributed by atoms with van der Waals surface area (Å²) in [7, 11) is 0. The first-order valence-electron chi connectivity index (χ1n) is 10.2. The van der Waals surface area contributed by atoms with Gasteiger partial charge >= 0.3 is 169 Å². The Bertz CT molecular complexity index is 579. The van der Waals surface area contributed by atoms with E-state index in [1.54, 1.807) is 22.3 Å². The zero-order chi connectivity index (χ0) is 18.8. The summed E-state index contributed by atoms with van der Waals surface area (Å²) in [6, 6.07) is 0. The van der Waals surface area contributed by atoms with Gasteiger partial charge in [0.15, 0.2) is 0 Å². The van der Waals surface area contributed by atoms with E-state index in [-0.39, 0.29) is 0 Å². The van der Waals surface area contributed by atoms with E-state index in [0.717, 1.165) is 0 Å². The first kappa shape index (κ1) is 21.1. The topological polar surface area (TPSA) is 0 Å². The molecule has 0 fully saturated rings. The third-order valence-corrected chi connectivity index (χ3v) is 10.7. The third kappa shape index (κ3) is 4.58. The molecule has 0 heterocycles. The number of allylic oxidation sites excluding steroid dienone is 8. The Morgan fingerprint density at radius 3 is 1.44 bits per heavy atom. The van der Waals surface area contributed by atoms with Crippen LogP contribution in [0.5, 0.6) is 0 Å². The van der Waals surface area contributed by atoms with E-state index >= 15 is 0 Å². The Morgan fingerprint density at radius 2 is 1.12 bits per heavy atom. The first-order chi connectivity index (χ1) is 11.6. The Labute approximate surface area is 168 Å². The normalized spacial score (nSPS) is 18.9. The van der Waals surface area contributed by atoms with E-state index in [4.69, 9.17) is 0 Å². The summed E-state index contributed by atoms with van der Waals surface area (Å²) in [4.78, 5) is 0. The van der Waals surface area contributed by atoms with Gasteiger partial charge < -0.3 is 0 Å². The van der Waals surface area contributed by atoms with Crippen molar-refractivity contribution in [1.82, 2.24) is 0 Å². The Balaban J connectivity index is 2.31. The molecule has 0 saturated carbocycles. The summed E-state index contributed by atoms with van der Waals surface area (Å²) in [6.07, 6.45) is 12.7. The van der Waals surface area contributed by atoms with Crippen molar-refractivity contribution in [3.05, 3.63) is 41.0 Å². The van der Waals surface area contributed by atoms with Gasteiger partial charge in [-0.1, -0.05) is 0 Å². The summed E-state index contributed by atoms with van der Waals surface area (Å²) in [5.41, 5.74) is 7.45. The molecule has 0 aromatic heterocycles.